The largest absolute Gasteiger partial charge is 0.480 e. The molecule has 0 spiro atoms. The van der Waals surface area contributed by atoms with Crippen molar-refractivity contribution >= 4 is 12.0 Å². The number of rotatable bonds is 6. The molecular weight excluding hydrogens is 198 g/mol. The van der Waals surface area contributed by atoms with Gasteiger partial charge in [-0.15, -0.1) is 0 Å². The Labute approximate surface area is 88.4 Å². The van der Waals surface area contributed by atoms with Crippen molar-refractivity contribution in [3.63, 3.8) is 0 Å². The van der Waals surface area contributed by atoms with E-state index in [1.807, 2.05) is 0 Å². The third-order valence-electron chi connectivity index (χ3n) is 2.21. The molecule has 0 atom stereocenters. The van der Waals surface area contributed by atoms with Gasteiger partial charge in [0.15, 0.2) is 0 Å². The van der Waals surface area contributed by atoms with E-state index >= 15 is 0 Å². The van der Waals surface area contributed by atoms with Crippen LogP contribution in [0.1, 0.15) is 19.3 Å². The van der Waals surface area contributed by atoms with Crippen molar-refractivity contribution in [3.8, 4) is 0 Å². The summed E-state index contributed by atoms with van der Waals surface area (Å²) < 4.78 is 0. The number of amides is 2. The van der Waals surface area contributed by atoms with Crippen molar-refractivity contribution in [1.29, 1.82) is 0 Å². The van der Waals surface area contributed by atoms with Crippen molar-refractivity contribution in [3.05, 3.63) is 0 Å². The van der Waals surface area contributed by atoms with E-state index in [1.165, 1.54) is 4.90 Å². The van der Waals surface area contributed by atoms with Gasteiger partial charge in [0.25, 0.3) is 0 Å². The molecular formula is C9H17N3O3. The molecule has 0 saturated heterocycles. The van der Waals surface area contributed by atoms with Crippen molar-refractivity contribution in [2.75, 3.05) is 19.6 Å². The number of carboxylic acids is 1. The Hall–Kier alpha value is -1.30. The number of nitrogens with one attached hydrogen (secondary N) is 1. The first-order valence-corrected chi connectivity index (χ1v) is 5.11. The fourth-order valence-corrected chi connectivity index (χ4v) is 1.30. The summed E-state index contributed by atoms with van der Waals surface area (Å²) in [6.07, 6.45) is 2.51. The number of urea groups is 1. The number of hydrogen-bond donors (Lipinski definition) is 3. The topological polar surface area (TPSA) is 95.7 Å². The second kappa shape index (κ2) is 5.55. The minimum Gasteiger partial charge on any atom is -0.480 e. The zero-order valence-corrected chi connectivity index (χ0v) is 8.61. The fraction of sp³-hybridized carbons (Fsp3) is 0.778. The molecule has 6 nitrogen and oxygen atoms in total. The zero-order chi connectivity index (χ0) is 11.3. The number of aliphatic carboxylic acids is 1. The second-order valence-corrected chi connectivity index (χ2v) is 3.63. The van der Waals surface area contributed by atoms with Crippen molar-refractivity contribution in [1.82, 2.24) is 10.2 Å². The lowest BCUT2D eigenvalue weighted by atomic mass is 10.4. The summed E-state index contributed by atoms with van der Waals surface area (Å²) in [6.45, 7) is 0.792. The smallest absolute Gasteiger partial charge is 0.323 e. The van der Waals surface area contributed by atoms with Gasteiger partial charge < -0.3 is 21.1 Å². The third kappa shape index (κ3) is 4.16. The van der Waals surface area contributed by atoms with Gasteiger partial charge in [0.1, 0.15) is 6.54 Å². The molecule has 1 rings (SSSR count). The van der Waals surface area contributed by atoms with Gasteiger partial charge in [0.2, 0.25) is 0 Å². The van der Waals surface area contributed by atoms with Crippen LogP contribution in [0.25, 0.3) is 0 Å². The molecule has 1 aliphatic carbocycles. The molecule has 15 heavy (non-hydrogen) atoms. The summed E-state index contributed by atoms with van der Waals surface area (Å²) >= 11 is 0. The highest BCUT2D eigenvalue weighted by Gasteiger charge is 2.33. The first kappa shape index (κ1) is 11.8. The maximum absolute atomic E-state index is 11.5. The van der Waals surface area contributed by atoms with E-state index in [-0.39, 0.29) is 18.6 Å². The highest BCUT2D eigenvalue weighted by molar-refractivity contribution is 5.80. The lowest BCUT2D eigenvalue weighted by Gasteiger charge is -2.20. The quantitative estimate of drug-likeness (QED) is 0.525. The third-order valence-corrected chi connectivity index (χ3v) is 2.21. The van der Waals surface area contributed by atoms with Gasteiger partial charge in [-0.25, -0.2) is 4.79 Å². The molecule has 1 aliphatic rings. The highest BCUT2D eigenvalue weighted by atomic mass is 16.4. The molecule has 0 aliphatic heterocycles. The fourth-order valence-electron chi connectivity index (χ4n) is 1.30. The van der Waals surface area contributed by atoms with Gasteiger partial charge in [0, 0.05) is 12.6 Å². The van der Waals surface area contributed by atoms with Crippen molar-refractivity contribution in [2.24, 2.45) is 5.73 Å². The number of carbonyl (C=O) groups is 2. The summed E-state index contributed by atoms with van der Waals surface area (Å²) in [5.74, 6) is -0.976. The Morgan fingerprint density at radius 1 is 1.47 bits per heavy atom. The number of nitrogens with two attached hydrogens (primary N) is 1. The molecule has 0 bridgehead atoms. The number of nitrogens with zero attached hydrogens (tertiary/aromatic N) is 1. The van der Waals surface area contributed by atoms with Crippen LogP contribution in [-0.2, 0) is 4.79 Å². The normalized spacial score (nSPS) is 14.7. The van der Waals surface area contributed by atoms with Gasteiger partial charge in [-0.3, -0.25) is 4.79 Å². The highest BCUT2D eigenvalue weighted by Crippen LogP contribution is 2.26. The molecule has 2 amide bonds. The first-order valence-electron chi connectivity index (χ1n) is 5.11. The lowest BCUT2D eigenvalue weighted by Crippen LogP contribution is -2.44. The Kier molecular flexibility index (Phi) is 4.36. The molecule has 1 saturated carbocycles. The van der Waals surface area contributed by atoms with E-state index < -0.39 is 5.97 Å². The van der Waals surface area contributed by atoms with Crippen LogP contribution in [0.15, 0.2) is 0 Å². The maximum Gasteiger partial charge on any atom is 0.323 e. The Morgan fingerprint density at radius 3 is 2.60 bits per heavy atom. The number of carboxylic acid groups (broad SMARTS) is 1. The Morgan fingerprint density at radius 2 is 2.13 bits per heavy atom. The summed E-state index contributed by atoms with van der Waals surface area (Å²) in [5, 5.41) is 11.3. The molecule has 86 valence electrons. The van der Waals surface area contributed by atoms with Crippen molar-refractivity contribution in [2.45, 2.75) is 25.3 Å². The van der Waals surface area contributed by atoms with Crippen LogP contribution in [0, 0.1) is 0 Å². The van der Waals surface area contributed by atoms with E-state index in [9.17, 15) is 9.59 Å². The molecule has 0 heterocycles. The average Bonchev–Trinajstić information content (AvgIpc) is 2.97. The monoisotopic (exact) mass is 215 g/mol. The molecule has 0 radical (unpaired) electrons. The second-order valence-electron chi connectivity index (χ2n) is 3.63. The summed E-state index contributed by atoms with van der Waals surface area (Å²) in [4.78, 5) is 23.5. The number of carbonyl (C=O) groups excluding carboxylic acids is 1. The molecule has 4 N–H and O–H groups in total. The standard InChI is InChI=1S/C9H17N3O3/c10-4-1-5-11-9(15)12(6-8(13)14)7-2-3-7/h7H,1-6,10H2,(H,11,15)(H,13,14). The van der Waals surface area contributed by atoms with Crippen LogP contribution in [0.3, 0.4) is 0 Å². The summed E-state index contributed by atoms with van der Waals surface area (Å²) in [7, 11) is 0. The van der Waals surface area contributed by atoms with Gasteiger partial charge in [-0.05, 0) is 25.8 Å². The summed E-state index contributed by atoms with van der Waals surface area (Å²) in [6, 6.07) is -0.188. The van der Waals surface area contributed by atoms with Crippen LogP contribution in [0.5, 0.6) is 0 Å². The maximum atomic E-state index is 11.5. The van der Waals surface area contributed by atoms with E-state index in [2.05, 4.69) is 5.32 Å². The molecule has 1 fully saturated rings. The predicted octanol–water partition coefficient (Wildman–Crippen LogP) is -0.406. The lowest BCUT2D eigenvalue weighted by molar-refractivity contribution is -0.137. The van der Waals surface area contributed by atoms with E-state index in [4.69, 9.17) is 10.8 Å². The van der Waals surface area contributed by atoms with Crippen LogP contribution in [-0.4, -0.2) is 47.7 Å². The SMILES string of the molecule is NCCCNC(=O)N(CC(=O)O)C1CC1. The van der Waals surface area contributed by atoms with Crippen LogP contribution in [0.4, 0.5) is 4.79 Å². The first-order chi connectivity index (χ1) is 7.15. The van der Waals surface area contributed by atoms with Gasteiger partial charge >= 0.3 is 12.0 Å². The van der Waals surface area contributed by atoms with E-state index in [1.54, 1.807) is 0 Å². The molecule has 6 heteroatoms. The van der Waals surface area contributed by atoms with E-state index in [0.717, 1.165) is 12.8 Å². The molecule has 0 unspecified atom stereocenters. The van der Waals surface area contributed by atoms with Crippen molar-refractivity contribution < 1.29 is 14.7 Å². The van der Waals surface area contributed by atoms with E-state index in [0.29, 0.717) is 19.5 Å². The van der Waals surface area contributed by atoms with Crippen LogP contribution >= 0.6 is 0 Å². The molecule has 0 aromatic rings. The average molecular weight is 215 g/mol. The minimum atomic E-state index is -0.976. The van der Waals surface area contributed by atoms with Crippen LogP contribution in [0.2, 0.25) is 0 Å². The predicted molar refractivity (Wildman–Crippen MR) is 54.4 cm³/mol. The van der Waals surface area contributed by atoms with Gasteiger partial charge in [-0.1, -0.05) is 0 Å². The summed E-state index contributed by atoms with van der Waals surface area (Å²) in [5.41, 5.74) is 5.28. The molecule has 0 aromatic heterocycles. The number of hydrogen-bond acceptors (Lipinski definition) is 3. The minimum absolute atomic E-state index is 0.110. The van der Waals surface area contributed by atoms with Gasteiger partial charge in [-0.2, -0.15) is 0 Å². The van der Waals surface area contributed by atoms with Gasteiger partial charge in [0.05, 0.1) is 0 Å². The van der Waals surface area contributed by atoms with Crippen LogP contribution < -0.4 is 11.1 Å². The molecule has 0 aromatic carbocycles. The zero-order valence-electron chi connectivity index (χ0n) is 8.61. The Balaban J connectivity index is 2.34. The Bertz CT molecular complexity index is 241.